The van der Waals surface area contributed by atoms with Gasteiger partial charge in [-0.1, -0.05) is 12.1 Å². The molecule has 1 unspecified atom stereocenters. The summed E-state index contributed by atoms with van der Waals surface area (Å²) in [5.41, 5.74) is 1.16. The largest absolute Gasteiger partial charge is 0.491 e. The number of carbonyl (C=O) groups excluding carboxylic acids is 1. The van der Waals surface area contributed by atoms with E-state index in [0.717, 1.165) is 12.0 Å². The molecular weight excluding hydrogens is 370 g/mol. The molecule has 0 saturated heterocycles. The van der Waals surface area contributed by atoms with Crippen molar-refractivity contribution in [3.63, 3.8) is 0 Å². The van der Waals surface area contributed by atoms with Crippen molar-refractivity contribution in [3.8, 4) is 5.75 Å². The maximum Gasteiger partial charge on any atom is 0.294 e. The summed E-state index contributed by atoms with van der Waals surface area (Å²) in [5, 5.41) is 24.7. The minimum atomic E-state index is -0.880. The monoisotopic (exact) mass is 399 g/mol. The predicted molar refractivity (Wildman–Crippen MR) is 102 cm³/mol. The number of rotatable bonds is 16. The zero-order valence-corrected chi connectivity index (χ0v) is 16.1. The third-order valence-electron chi connectivity index (χ3n) is 3.71. The highest BCUT2D eigenvalue weighted by molar-refractivity contribution is 5.75. The quantitative estimate of drug-likeness (QED) is 0.206. The minimum absolute atomic E-state index is 0.0965. The Bertz CT molecular complexity index is 569. The molecule has 0 saturated carbocycles. The van der Waals surface area contributed by atoms with Gasteiger partial charge in [-0.2, -0.15) is 0 Å². The van der Waals surface area contributed by atoms with E-state index < -0.39 is 11.2 Å². The zero-order valence-electron chi connectivity index (χ0n) is 16.1. The molecule has 0 heterocycles. The van der Waals surface area contributed by atoms with Crippen molar-refractivity contribution in [1.29, 1.82) is 0 Å². The first kappa shape index (κ1) is 23.6. The Morgan fingerprint density at radius 1 is 1.25 bits per heavy atom. The van der Waals surface area contributed by atoms with Gasteiger partial charge >= 0.3 is 0 Å². The van der Waals surface area contributed by atoms with Crippen LogP contribution >= 0.6 is 0 Å². The molecule has 1 aromatic rings. The van der Waals surface area contributed by atoms with E-state index in [9.17, 15) is 20.0 Å². The fraction of sp³-hybridized carbons (Fsp3) is 0.611. The van der Waals surface area contributed by atoms with E-state index in [4.69, 9.17) is 9.47 Å². The van der Waals surface area contributed by atoms with Crippen LogP contribution in [0.2, 0.25) is 0 Å². The van der Waals surface area contributed by atoms with E-state index in [0.29, 0.717) is 32.0 Å². The average Bonchev–Trinajstić information content (AvgIpc) is 2.68. The van der Waals surface area contributed by atoms with Gasteiger partial charge in [-0.25, -0.2) is 0 Å². The standard InChI is InChI=1S/C18H29N3O7/c1-26-12-8-15-4-6-17(7-5-15)27-14-16(22)13-19-9-10-20-18(23)3-2-11-28-21(24)25/h4-7,16,19,22H,2-3,8-14H2,1H3,(H,20,23). The van der Waals surface area contributed by atoms with Crippen LogP contribution < -0.4 is 15.4 Å². The molecule has 0 fully saturated rings. The van der Waals surface area contributed by atoms with Crippen LogP contribution in [0, 0.1) is 10.1 Å². The molecule has 0 aliphatic carbocycles. The number of nitrogens with one attached hydrogen (secondary N) is 2. The van der Waals surface area contributed by atoms with Crippen LogP contribution in [0.25, 0.3) is 0 Å². The number of amides is 1. The van der Waals surface area contributed by atoms with Gasteiger partial charge < -0.3 is 30.1 Å². The molecule has 158 valence electrons. The lowest BCUT2D eigenvalue weighted by Crippen LogP contribution is -2.37. The van der Waals surface area contributed by atoms with Gasteiger partial charge in [-0.15, -0.1) is 10.1 Å². The second-order valence-corrected chi connectivity index (χ2v) is 6.07. The van der Waals surface area contributed by atoms with Gasteiger partial charge in [-0.3, -0.25) is 4.79 Å². The van der Waals surface area contributed by atoms with Crippen LogP contribution in [-0.4, -0.2) is 68.8 Å². The third-order valence-corrected chi connectivity index (χ3v) is 3.71. The second-order valence-electron chi connectivity index (χ2n) is 6.07. The van der Waals surface area contributed by atoms with Crippen LogP contribution in [-0.2, 0) is 20.8 Å². The Hall–Kier alpha value is -2.43. The van der Waals surface area contributed by atoms with Crippen molar-refractivity contribution in [2.24, 2.45) is 0 Å². The molecule has 1 atom stereocenters. The van der Waals surface area contributed by atoms with Gasteiger partial charge in [-0.05, 0) is 30.5 Å². The van der Waals surface area contributed by atoms with E-state index >= 15 is 0 Å². The normalized spacial score (nSPS) is 11.6. The maximum atomic E-state index is 11.5. The minimum Gasteiger partial charge on any atom is -0.491 e. The fourth-order valence-electron chi connectivity index (χ4n) is 2.24. The van der Waals surface area contributed by atoms with Crippen LogP contribution in [0.15, 0.2) is 24.3 Å². The molecule has 0 aromatic heterocycles. The van der Waals surface area contributed by atoms with Crippen LogP contribution in [0.5, 0.6) is 5.75 Å². The summed E-state index contributed by atoms with van der Waals surface area (Å²) >= 11 is 0. The summed E-state index contributed by atoms with van der Waals surface area (Å²) in [4.78, 5) is 25.6. The van der Waals surface area contributed by atoms with Crippen molar-refractivity contribution in [2.45, 2.75) is 25.4 Å². The summed E-state index contributed by atoms with van der Waals surface area (Å²) in [7, 11) is 1.67. The lowest BCUT2D eigenvalue weighted by Gasteiger charge is -2.14. The van der Waals surface area contributed by atoms with Crippen LogP contribution in [0.4, 0.5) is 0 Å². The molecular formula is C18H29N3O7. The highest BCUT2D eigenvalue weighted by atomic mass is 16.9. The Morgan fingerprint density at radius 2 is 2.00 bits per heavy atom. The number of aliphatic hydroxyl groups is 1. The van der Waals surface area contributed by atoms with E-state index in [-0.39, 0.29) is 32.0 Å². The van der Waals surface area contributed by atoms with Crippen LogP contribution in [0.1, 0.15) is 18.4 Å². The number of benzene rings is 1. The molecule has 3 N–H and O–H groups in total. The SMILES string of the molecule is COCCc1ccc(OCC(O)CNCCNC(=O)CCCO[N+](=O)[O-])cc1. The molecule has 0 radical (unpaired) electrons. The average molecular weight is 399 g/mol. The van der Waals surface area contributed by atoms with Crippen molar-refractivity contribution < 1.29 is 29.3 Å². The number of aliphatic hydroxyl groups excluding tert-OH is 1. The van der Waals surface area contributed by atoms with Gasteiger partial charge in [0.15, 0.2) is 0 Å². The van der Waals surface area contributed by atoms with E-state index in [1.807, 2.05) is 24.3 Å². The lowest BCUT2D eigenvalue weighted by molar-refractivity contribution is -0.757. The van der Waals surface area contributed by atoms with Crippen molar-refractivity contribution in [3.05, 3.63) is 39.9 Å². The number of carbonyl (C=O) groups is 1. The first-order chi connectivity index (χ1) is 13.5. The summed E-state index contributed by atoms with van der Waals surface area (Å²) in [5.74, 6) is 0.486. The number of ether oxygens (including phenoxy) is 2. The molecule has 0 spiro atoms. The number of nitrogens with zero attached hydrogens (tertiary/aromatic N) is 1. The molecule has 0 aliphatic heterocycles. The molecule has 0 bridgehead atoms. The topological polar surface area (TPSA) is 132 Å². The van der Waals surface area contributed by atoms with Crippen LogP contribution in [0.3, 0.4) is 0 Å². The third kappa shape index (κ3) is 12.0. The highest BCUT2D eigenvalue weighted by Crippen LogP contribution is 2.12. The fourth-order valence-corrected chi connectivity index (χ4v) is 2.24. The smallest absolute Gasteiger partial charge is 0.294 e. The molecule has 1 amide bonds. The summed E-state index contributed by atoms with van der Waals surface area (Å²) in [6, 6.07) is 7.64. The molecule has 0 aliphatic rings. The zero-order chi connectivity index (χ0) is 20.6. The molecule has 10 nitrogen and oxygen atoms in total. The Balaban J connectivity index is 2.03. The van der Waals surface area contributed by atoms with E-state index in [1.54, 1.807) is 7.11 Å². The first-order valence-electron chi connectivity index (χ1n) is 9.14. The van der Waals surface area contributed by atoms with Gasteiger partial charge in [0.05, 0.1) is 13.2 Å². The van der Waals surface area contributed by atoms with Gasteiger partial charge in [0.1, 0.15) is 18.5 Å². The van der Waals surface area contributed by atoms with E-state index in [2.05, 4.69) is 15.5 Å². The number of hydrogen-bond donors (Lipinski definition) is 3. The summed E-state index contributed by atoms with van der Waals surface area (Å²) < 4.78 is 10.6. The van der Waals surface area contributed by atoms with Crippen molar-refractivity contribution in [2.75, 3.05) is 46.6 Å². The maximum absolute atomic E-state index is 11.5. The van der Waals surface area contributed by atoms with Gasteiger partial charge in [0.2, 0.25) is 5.91 Å². The predicted octanol–water partition coefficient (Wildman–Crippen LogP) is 0.310. The van der Waals surface area contributed by atoms with Gasteiger partial charge in [0, 0.05) is 33.2 Å². The molecule has 28 heavy (non-hydrogen) atoms. The molecule has 1 aromatic carbocycles. The summed E-state index contributed by atoms with van der Waals surface area (Å²) in [6.45, 7) is 1.95. The summed E-state index contributed by atoms with van der Waals surface area (Å²) in [6.07, 6.45) is 0.605. The van der Waals surface area contributed by atoms with E-state index in [1.165, 1.54) is 0 Å². The second kappa shape index (κ2) is 14.6. The highest BCUT2D eigenvalue weighted by Gasteiger charge is 2.06. The molecule has 1 rings (SSSR count). The van der Waals surface area contributed by atoms with Crippen molar-refractivity contribution >= 4 is 5.91 Å². The van der Waals surface area contributed by atoms with Crippen molar-refractivity contribution in [1.82, 2.24) is 10.6 Å². The number of hydrogen-bond acceptors (Lipinski definition) is 8. The molecule has 10 heteroatoms. The Labute approximate surface area is 164 Å². The Morgan fingerprint density at radius 3 is 2.68 bits per heavy atom. The van der Waals surface area contributed by atoms with Gasteiger partial charge in [0.25, 0.3) is 5.09 Å². The Kier molecular flexibility index (Phi) is 12.3. The number of methoxy groups -OCH3 is 1. The lowest BCUT2D eigenvalue weighted by atomic mass is 10.1. The first-order valence-corrected chi connectivity index (χ1v) is 9.14.